The topological polar surface area (TPSA) is 12.0 Å². The van der Waals surface area contributed by atoms with Gasteiger partial charge in [0.15, 0.2) is 0 Å². The van der Waals surface area contributed by atoms with Gasteiger partial charge < -0.3 is 5.32 Å². The Kier molecular flexibility index (Phi) is 4.90. The third-order valence-electron chi connectivity index (χ3n) is 4.21. The van der Waals surface area contributed by atoms with Gasteiger partial charge in [0.1, 0.15) is 0 Å². The van der Waals surface area contributed by atoms with Crippen molar-refractivity contribution in [1.82, 2.24) is 5.32 Å². The van der Waals surface area contributed by atoms with Crippen LogP contribution in [0.25, 0.3) is 0 Å². The van der Waals surface area contributed by atoms with E-state index < -0.39 is 0 Å². The number of benzene rings is 1. The lowest BCUT2D eigenvalue weighted by Gasteiger charge is -2.29. The molecular formula is C17H19Cl2NS. The van der Waals surface area contributed by atoms with Crippen LogP contribution >= 0.6 is 34.5 Å². The molecule has 21 heavy (non-hydrogen) atoms. The Bertz CT molecular complexity index is 623. The van der Waals surface area contributed by atoms with Crippen LogP contribution in [0, 0.1) is 0 Å². The third kappa shape index (κ3) is 3.29. The molecule has 1 N–H and O–H groups in total. The number of rotatable bonds is 4. The molecule has 1 aromatic heterocycles. The zero-order chi connectivity index (χ0) is 14.8. The highest BCUT2D eigenvalue weighted by Gasteiger charge is 2.23. The lowest BCUT2D eigenvalue weighted by atomic mass is 9.92. The smallest absolute Gasteiger partial charge is 0.0595 e. The Hall–Kier alpha value is -0.540. The van der Waals surface area contributed by atoms with Gasteiger partial charge in [-0.2, -0.15) is 0 Å². The number of thiophene rings is 1. The molecule has 0 saturated carbocycles. The minimum Gasteiger partial charge on any atom is -0.303 e. The Morgan fingerprint density at radius 2 is 2.14 bits per heavy atom. The van der Waals surface area contributed by atoms with E-state index in [-0.39, 0.29) is 0 Å². The summed E-state index contributed by atoms with van der Waals surface area (Å²) in [6.45, 7) is 2.21. The highest BCUT2D eigenvalue weighted by molar-refractivity contribution is 7.10. The van der Waals surface area contributed by atoms with E-state index in [1.54, 1.807) is 4.88 Å². The van der Waals surface area contributed by atoms with Crippen molar-refractivity contribution in [3.8, 4) is 0 Å². The van der Waals surface area contributed by atoms with Crippen molar-refractivity contribution >= 4 is 34.5 Å². The van der Waals surface area contributed by atoms with E-state index in [1.807, 2.05) is 23.5 Å². The molecule has 0 bridgehead atoms. The molecule has 0 amide bonds. The van der Waals surface area contributed by atoms with Crippen molar-refractivity contribution in [2.24, 2.45) is 0 Å². The summed E-state index contributed by atoms with van der Waals surface area (Å²) in [7, 11) is 0. The Balaban J connectivity index is 1.81. The van der Waals surface area contributed by atoms with Gasteiger partial charge in [0.2, 0.25) is 0 Å². The molecule has 4 heteroatoms. The summed E-state index contributed by atoms with van der Waals surface area (Å²) in [5.41, 5.74) is 2.71. The molecule has 1 nitrogen and oxygen atoms in total. The van der Waals surface area contributed by atoms with Crippen LogP contribution in [0.5, 0.6) is 0 Å². The first-order valence-electron chi connectivity index (χ1n) is 7.46. The van der Waals surface area contributed by atoms with Crippen molar-refractivity contribution in [3.63, 3.8) is 0 Å². The normalized spacial score (nSPS) is 19.3. The molecule has 112 valence electrons. The van der Waals surface area contributed by atoms with Crippen LogP contribution in [0.3, 0.4) is 0 Å². The molecule has 2 aromatic rings. The van der Waals surface area contributed by atoms with Crippen LogP contribution < -0.4 is 5.32 Å². The number of aryl methyl sites for hydroxylation is 1. The molecule has 2 unspecified atom stereocenters. The standard InChI is InChI=1S/C17H19Cl2NS/c1-2-15(11-6-7-13(18)14(19)10-11)20-16-4-3-5-17-12(16)8-9-21-17/h6-10,15-16,20H,2-5H2,1H3. The Labute approximate surface area is 140 Å². The van der Waals surface area contributed by atoms with Crippen molar-refractivity contribution in [1.29, 1.82) is 0 Å². The molecule has 1 aromatic carbocycles. The van der Waals surface area contributed by atoms with Crippen LogP contribution in [-0.2, 0) is 6.42 Å². The van der Waals surface area contributed by atoms with E-state index in [1.165, 1.54) is 30.4 Å². The number of hydrogen-bond donors (Lipinski definition) is 1. The van der Waals surface area contributed by atoms with Gasteiger partial charge >= 0.3 is 0 Å². The predicted molar refractivity (Wildman–Crippen MR) is 92.6 cm³/mol. The van der Waals surface area contributed by atoms with Crippen molar-refractivity contribution < 1.29 is 0 Å². The van der Waals surface area contributed by atoms with Gasteiger partial charge in [-0.05, 0) is 60.4 Å². The molecule has 1 aliphatic carbocycles. The second kappa shape index (κ2) is 6.70. The lowest BCUT2D eigenvalue weighted by Crippen LogP contribution is -2.28. The third-order valence-corrected chi connectivity index (χ3v) is 5.94. The number of halogens is 2. The van der Waals surface area contributed by atoms with E-state index in [2.05, 4.69) is 29.8 Å². The fourth-order valence-corrected chi connectivity index (χ4v) is 4.38. The van der Waals surface area contributed by atoms with Gasteiger partial charge in [0, 0.05) is 17.0 Å². The predicted octanol–water partition coefficient (Wildman–Crippen LogP) is 6.17. The summed E-state index contributed by atoms with van der Waals surface area (Å²) >= 11 is 14.1. The molecule has 3 rings (SSSR count). The van der Waals surface area contributed by atoms with Crippen LogP contribution in [0.2, 0.25) is 10.0 Å². The number of fused-ring (bicyclic) bond motifs is 1. The SMILES string of the molecule is CCC(NC1CCCc2sccc21)c1ccc(Cl)c(Cl)c1. The maximum absolute atomic E-state index is 6.16. The fourth-order valence-electron chi connectivity index (χ4n) is 3.08. The second-order valence-electron chi connectivity index (χ2n) is 5.54. The quantitative estimate of drug-likeness (QED) is 0.701. The van der Waals surface area contributed by atoms with Gasteiger partial charge in [-0.15, -0.1) is 11.3 Å². The van der Waals surface area contributed by atoms with E-state index in [9.17, 15) is 0 Å². The fraction of sp³-hybridized carbons (Fsp3) is 0.412. The molecule has 0 fully saturated rings. The van der Waals surface area contributed by atoms with E-state index in [4.69, 9.17) is 23.2 Å². The number of nitrogens with one attached hydrogen (secondary N) is 1. The van der Waals surface area contributed by atoms with Gasteiger partial charge in [0.25, 0.3) is 0 Å². The Morgan fingerprint density at radius 3 is 2.90 bits per heavy atom. The first kappa shape index (κ1) is 15.4. The van der Waals surface area contributed by atoms with Crippen LogP contribution in [0.1, 0.15) is 54.3 Å². The largest absolute Gasteiger partial charge is 0.303 e. The summed E-state index contributed by atoms with van der Waals surface area (Å²) in [6, 6.07) is 9.00. The molecule has 1 heterocycles. The summed E-state index contributed by atoms with van der Waals surface area (Å²) in [6.07, 6.45) is 4.74. The number of hydrogen-bond acceptors (Lipinski definition) is 2. The molecular weight excluding hydrogens is 321 g/mol. The monoisotopic (exact) mass is 339 g/mol. The molecule has 0 aliphatic heterocycles. The van der Waals surface area contributed by atoms with E-state index >= 15 is 0 Å². The highest BCUT2D eigenvalue weighted by atomic mass is 35.5. The van der Waals surface area contributed by atoms with Crippen LogP contribution in [0.4, 0.5) is 0 Å². The van der Waals surface area contributed by atoms with E-state index in [0.717, 1.165) is 6.42 Å². The summed E-state index contributed by atoms with van der Waals surface area (Å²) in [5.74, 6) is 0. The van der Waals surface area contributed by atoms with Gasteiger partial charge in [-0.25, -0.2) is 0 Å². The van der Waals surface area contributed by atoms with Gasteiger partial charge in [0.05, 0.1) is 10.0 Å². The maximum Gasteiger partial charge on any atom is 0.0595 e. The lowest BCUT2D eigenvalue weighted by molar-refractivity contribution is 0.395. The molecule has 0 radical (unpaired) electrons. The van der Waals surface area contributed by atoms with Gasteiger partial charge in [-0.1, -0.05) is 36.2 Å². The second-order valence-corrected chi connectivity index (χ2v) is 7.36. The summed E-state index contributed by atoms with van der Waals surface area (Å²) in [5, 5.41) is 7.28. The van der Waals surface area contributed by atoms with E-state index in [0.29, 0.717) is 22.1 Å². The zero-order valence-corrected chi connectivity index (χ0v) is 14.4. The van der Waals surface area contributed by atoms with Crippen molar-refractivity contribution in [2.45, 2.75) is 44.7 Å². The van der Waals surface area contributed by atoms with Crippen LogP contribution in [0.15, 0.2) is 29.6 Å². The molecule has 1 aliphatic rings. The first-order valence-corrected chi connectivity index (χ1v) is 9.10. The minimum atomic E-state index is 0.315. The zero-order valence-electron chi connectivity index (χ0n) is 12.0. The molecule has 0 saturated heterocycles. The first-order chi connectivity index (χ1) is 10.2. The van der Waals surface area contributed by atoms with Crippen LogP contribution in [-0.4, -0.2) is 0 Å². The molecule has 2 atom stereocenters. The molecule has 0 spiro atoms. The average Bonchev–Trinajstić information content (AvgIpc) is 2.97. The maximum atomic E-state index is 6.16. The minimum absolute atomic E-state index is 0.315. The van der Waals surface area contributed by atoms with Gasteiger partial charge in [-0.3, -0.25) is 0 Å². The summed E-state index contributed by atoms with van der Waals surface area (Å²) in [4.78, 5) is 1.54. The summed E-state index contributed by atoms with van der Waals surface area (Å²) < 4.78 is 0. The van der Waals surface area contributed by atoms with Crippen molar-refractivity contribution in [2.75, 3.05) is 0 Å². The average molecular weight is 340 g/mol. The Morgan fingerprint density at radius 1 is 1.29 bits per heavy atom. The van der Waals surface area contributed by atoms with Crippen molar-refractivity contribution in [3.05, 3.63) is 55.7 Å². The highest BCUT2D eigenvalue weighted by Crippen LogP contribution is 2.36.